The predicted molar refractivity (Wildman–Crippen MR) is 93.9 cm³/mol. The molecule has 0 bridgehead atoms. The second-order valence-electron chi connectivity index (χ2n) is 6.74. The molecule has 4 nitrogen and oxygen atoms in total. The van der Waals surface area contributed by atoms with Crippen LogP contribution in [-0.2, 0) is 4.79 Å². The van der Waals surface area contributed by atoms with E-state index in [0.717, 1.165) is 30.6 Å². The Balaban J connectivity index is 0.00000192. The van der Waals surface area contributed by atoms with Crippen molar-refractivity contribution >= 4 is 18.3 Å². The summed E-state index contributed by atoms with van der Waals surface area (Å²) in [4.78, 5) is 12.5. The van der Waals surface area contributed by atoms with Gasteiger partial charge in [-0.15, -0.1) is 12.4 Å². The minimum Gasteiger partial charge on any atom is -0.493 e. The third kappa shape index (κ3) is 4.18. The van der Waals surface area contributed by atoms with Crippen LogP contribution in [0, 0.1) is 5.41 Å². The number of carbonyl (C=O) groups is 1. The number of benzene rings is 1. The van der Waals surface area contributed by atoms with Crippen LogP contribution in [0.2, 0.25) is 0 Å². The van der Waals surface area contributed by atoms with Gasteiger partial charge in [-0.05, 0) is 30.9 Å². The van der Waals surface area contributed by atoms with Crippen molar-refractivity contribution in [2.24, 2.45) is 11.1 Å². The summed E-state index contributed by atoms with van der Waals surface area (Å²) in [6.07, 6.45) is 7.23. The molecule has 3 N–H and O–H groups in total. The number of amides is 1. The molecule has 1 aliphatic heterocycles. The Morgan fingerprint density at radius 3 is 2.74 bits per heavy atom. The Hall–Kier alpha value is -1.26. The van der Waals surface area contributed by atoms with E-state index in [0.29, 0.717) is 19.6 Å². The predicted octanol–water partition coefficient (Wildman–Crippen LogP) is 3.35. The van der Waals surface area contributed by atoms with Crippen molar-refractivity contribution in [3.05, 3.63) is 29.8 Å². The van der Waals surface area contributed by atoms with Crippen LogP contribution in [0.4, 0.5) is 0 Å². The summed E-state index contributed by atoms with van der Waals surface area (Å²) >= 11 is 0. The number of para-hydroxylation sites is 1. The zero-order chi connectivity index (χ0) is 15.4. The van der Waals surface area contributed by atoms with E-state index in [9.17, 15) is 4.79 Å². The van der Waals surface area contributed by atoms with Crippen molar-refractivity contribution in [2.45, 2.75) is 51.0 Å². The van der Waals surface area contributed by atoms with E-state index in [2.05, 4.69) is 5.32 Å². The fourth-order valence-electron chi connectivity index (χ4n) is 3.83. The van der Waals surface area contributed by atoms with Gasteiger partial charge in [-0.1, -0.05) is 37.5 Å². The number of nitrogens with one attached hydrogen (secondary N) is 1. The highest BCUT2D eigenvalue weighted by atomic mass is 35.5. The van der Waals surface area contributed by atoms with E-state index in [1.807, 2.05) is 24.3 Å². The number of halogens is 1. The number of carbonyl (C=O) groups excluding carboxylic acids is 1. The van der Waals surface area contributed by atoms with E-state index in [1.54, 1.807) is 0 Å². The molecule has 128 valence electrons. The Bertz CT molecular complexity index is 530. The van der Waals surface area contributed by atoms with E-state index in [1.165, 1.54) is 19.3 Å². The van der Waals surface area contributed by atoms with Crippen LogP contribution in [0.5, 0.6) is 5.75 Å². The highest BCUT2D eigenvalue weighted by Gasteiger charge is 2.34. The standard InChI is InChI=1S/C18H26N2O2.ClH/c19-13-18(9-4-1-5-10-18)12-17(21)20-15-8-11-22-16-7-3-2-6-14(15)16;/h2-3,6-7,15H,1,4-5,8-13,19H2,(H,20,21);1H. The monoisotopic (exact) mass is 338 g/mol. The summed E-state index contributed by atoms with van der Waals surface area (Å²) < 4.78 is 5.65. The molecule has 0 aromatic heterocycles. The number of nitrogens with two attached hydrogens (primary N) is 1. The summed E-state index contributed by atoms with van der Waals surface area (Å²) in [6.45, 7) is 1.27. The Kier molecular flexibility index (Phi) is 6.31. The lowest BCUT2D eigenvalue weighted by molar-refractivity contribution is -0.124. The molecule has 2 aliphatic rings. The van der Waals surface area contributed by atoms with Crippen LogP contribution in [0.1, 0.15) is 56.6 Å². The second-order valence-corrected chi connectivity index (χ2v) is 6.74. The van der Waals surface area contributed by atoms with Gasteiger partial charge >= 0.3 is 0 Å². The van der Waals surface area contributed by atoms with Gasteiger partial charge in [0.1, 0.15) is 5.75 Å². The topological polar surface area (TPSA) is 64.4 Å². The molecule has 1 atom stereocenters. The molecule has 1 heterocycles. The molecule has 0 radical (unpaired) electrons. The lowest BCUT2D eigenvalue weighted by Crippen LogP contribution is -2.40. The van der Waals surface area contributed by atoms with Gasteiger partial charge in [0.25, 0.3) is 0 Å². The molecule has 5 heteroatoms. The molecular formula is C18H27ClN2O2. The summed E-state index contributed by atoms with van der Waals surface area (Å²) in [5.74, 6) is 1.03. The smallest absolute Gasteiger partial charge is 0.221 e. The zero-order valence-electron chi connectivity index (χ0n) is 13.6. The maximum Gasteiger partial charge on any atom is 0.221 e. The molecule has 1 aliphatic carbocycles. The van der Waals surface area contributed by atoms with Crippen LogP contribution in [0.15, 0.2) is 24.3 Å². The number of hydrogen-bond acceptors (Lipinski definition) is 3. The van der Waals surface area contributed by atoms with Gasteiger partial charge < -0.3 is 15.8 Å². The third-order valence-corrected chi connectivity index (χ3v) is 5.18. The maximum absolute atomic E-state index is 12.5. The molecule has 1 saturated carbocycles. The fourth-order valence-corrected chi connectivity index (χ4v) is 3.83. The van der Waals surface area contributed by atoms with E-state index in [4.69, 9.17) is 10.5 Å². The molecule has 23 heavy (non-hydrogen) atoms. The number of hydrogen-bond donors (Lipinski definition) is 2. The van der Waals surface area contributed by atoms with Crippen molar-refractivity contribution in [1.82, 2.24) is 5.32 Å². The molecule has 1 amide bonds. The van der Waals surface area contributed by atoms with Gasteiger partial charge in [0.2, 0.25) is 5.91 Å². The van der Waals surface area contributed by atoms with Crippen molar-refractivity contribution < 1.29 is 9.53 Å². The van der Waals surface area contributed by atoms with Gasteiger partial charge in [-0.3, -0.25) is 4.79 Å². The summed E-state index contributed by atoms with van der Waals surface area (Å²) in [5.41, 5.74) is 7.11. The molecule has 0 spiro atoms. The van der Waals surface area contributed by atoms with Gasteiger partial charge in [0.05, 0.1) is 12.6 Å². The summed E-state index contributed by atoms with van der Waals surface area (Å²) in [5, 5.41) is 3.21. The zero-order valence-corrected chi connectivity index (χ0v) is 14.4. The molecule has 0 saturated heterocycles. The lowest BCUT2D eigenvalue weighted by Gasteiger charge is -2.36. The van der Waals surface area contributed by atoms with E-state index < -0.39 is 0 Å². The van der Waals surface area contributed by atoms with Gasteiger partial charge in [-0.2, -0.15) is 0 Å². The first kappa shape index (κ1) is 18.1. The number of fused-ring (bicyclic) bond motifs is 1. The van der Waals surface area contributed by atoms with Crippen molar-refractivity contribution in [2.75, 3.05) is 13.2 Å². The first-order chi connectivity index (χ1) is 10.7. The molecule has 1 aromatic carbocycles. The average molecular weight is 339 g/mol. The number of rotatable bonds is 4. The van der Waals surface area contributed by atoms with Crippen molar-refractivity contribution in [3.8, 4) is 5.75 Å². The molecule has 1 fully saturated rings. The molecule has 1 aromatic rings. The van der Waals surface area contributed by atoms with Gasteiger partial charge in [-0.25, -0.2) is 0 Å². The maximum atomic E-state index is 12.5. The quantitative estimate of drug-likeness (QED) is 0.884. The van der Waals surface area contributed by atoms with E-state index >= 15 is 0 Å². The normalized spacial score (nSPS) is 22.2. The van der Waals surface area contributed by atoms with Crippen LogP contribution >= 0.6 is 12.4 Å². The van der Waals surface area contributed by atoms with Gasteiger partial charge in [0, 0.05) is 18.4 Å². The van der Waals surface area contributed by atoms with Crippen molar-refractivity contribution in [3.63, 3.8) is 0 Å². The SMILES string of the molecule is Cl.NCC1(CC(=O)NC2CCOc3ccccc32)CCCCC1. The van der Waals surface area contributed by atoms with Gasteiger partial charge in [0.15, 0.2) is 0 Å². The lowest BCUT2D eigenvalue weighted by atomic mass is 9.71. The van der Waals surface area contributed by atoms with Crippen LogP contribution in [0.3, 0.4) is 0 Å². The van der Waals surface area contributed by atoms with Crippen LogP contribution in [0.25, 0.3) is 0 Å². The average Bonchev–Trinajstić information content (AvgIpc) is 2.56. The fraction of sp³-hybridized carbons (Fsp3) is 0.611. The first-order valence-corrected chi connectivity index (χ1v) is 8.44. The Morgan fingerprint density at radius 1 is 1.26 bits per heavy atom. The largest absolute Gasteiger partial charge is 0.493 e. The van der Waals surface area contributed by atoms with E-state index in [-0.39, 0.29) is 29.8 Å². The highest BCUT2D eigenvalue weighted by molar-refractivity contribution is 5.85. The minimum absolute atomic E-state index is 0. The number of ether oxygens (including phenoxy) is 1. The Labute approximate surface area is 144 Å². The summed E-state index contributed by atoms with van der Waals surface area (Å²) in [6, 6.07) is 8.04. The second kappa shape index (κ2) is 8.02. The highest BCUT2D eigenvalue weighted by Crippen LogP contribution is 2.39. The first-order valence-electron chi connectivity index (χ1n) is 8.44. The van der Waals surface area contributed by atoms with Crippen molar-refractivity contribution in [1.29, 1.82) is 0 Å². The van der Waals surface area contributed by atoms with Crippen LogP contribution in [-0.4, -0.2) is 19.1 Å². The minimum atomic E-state index is 0. The molecular weight excluding hydrogens is 312 g/mol. The molecule has 3 rings (SSSR count). The third-order valence-electron chi connectivity index (χ3n) is 5.18. The van der Waals surface area contributed by atoms with Crippen LogP contribution < -0.4 is 15.8 Å². The Morgan fingerprint density at radius 2 is 2.00 bits per heavy atom. The molecule has 1 unspecified atom stereocenters. The summed E-state index contributed by atoms with van der Waals surface area (Å²) in [7, 11) is 0.